The first-order chi connectivity index (χ1) is 9.33. The number of nitrogens with one attached hydrogen (secondary N) is 1. The highest BCUT2D eigenvalue weighted by atomic mass is 15.3. The molecule has 19 heavy (non-hydrogen) atoms. The average molecular weight is 257 g/mol. The first kappa shape index (κ1) is 13.8. The van der Waals surface area contributed by atoms with Crippen LogP contribution in [0.15, 0.2) is 42.7 Å². The Kier molecular flexibility index (Phi) is 5.16. The van der Waals surface area contributed by atoms with E-state index in [-0.39, 0.29) is 0 Å². The summed E-state index contributed by atoms with van der Waals surface area (Å²) in [7, 11) is 0. The molecule has 0 aliphatic rings. The second kappa shape index (κ2) is 7.10. The van der Waals surface area contributed by atoms with E-state index in [4.69, 9.17) is 0 Å². The molecule has 0 fully saturated rings. The van der Waals surface area contributed by atoms with Crippen LogP contribution in [0.3, 0.4) is 0 Å². The molecule has 2 aromatic rings. The number of benzene rings is 1. The summed E-state index contributed by atoms with van der Waals surface area (Å²) < 4.78 is 1.99. The van der Waals surface area contributed by atoms with Gasteiger partial charge in [-0.15, -0.1) is 0 Å². The number of aryl methyl sites for hydroxylation is 1. The molecule has 1 N–H and O–H groups in total. The maximum absolute atomic E-state index is 4.38. The van der Waals surface area contributed by atoms with Crippen LogP contribution in [-0.4, -0.2) is 16.3 Å². The van der Waals surface area contributed by atoms with Crippen molar-refractivity contribution in [1.82, 2.24) is 15.1 Å². The highest BCUT2D eigenvalue weighted by molar-refractivity contribution is 5.20. The quantitative estimate of drug-likeness (QED) is 0.825. The van der Waals surface area contributed by atoms with Crippen molar-refractivity contribution < 1.29 is 0 Å². The van der Waals surface area contributed by atoms with Crippen LogP contribution in [0, 0.1) is 0 Å². The van der Waals surface area contributed by atoms with E-state index < -0.39 is 0 Å². The third kappa shape index (κ3) is 3.93. The molecule has 102 valence electrons. The molecule has 0 saturated heterocycles. The molecule has 1 atom stereocenters. The van der Waals surface area contributed by atoms with Gasteiger partial charge in [-0.3, -0.25) is 4.68 Å². The van der Waals surface area contributed by atoms with Crippen molar-refractivity contribution in [3.05, 3.63) is 53.9 Å². The minimum atomic E-state index is 0.350. The summed E-state index contributed by atoms with van der Waals surface area (Å²) in [5.41, 5.74) is 2.64. The van der Waals surface area contributed by atoms with Crippen molar-refractivity contribution >= 4 is 0 Å². The zero-order chi connectivity index (χ0) is 13.5. The molecule has 1 aromatic carbocycles. The fourth-order valence-corrected chi connectivity index (χ4v) is 2.21. The first-order valence-corrected chi connectivity index (χ1v) is 7.13. The second-order valence-corrected chi connectivity index (χ2v) is 4.83. The van der Waals surface area contributed by atoms with Crippen LogP contribution in [0.1, 0.15) is 37.4 Å². The molecule has 1 aromatic heterocycles. The molecular formula is C16H23N3. The summed E-state index contributed by atoms with van der Waals surface area (Å²) in [5.74, 6) is 0. The molecular weight excluding hydrogens is 234 g/mol. The number of hydrogen-bond donors (Lipinski definition) is 1. The van der Waals surface area contributed by atoms with E-state index in [2.05, 4.69) is 60.8 Å². The van der Waals surface area contributed by atoms with E-state index in [9.17, 15) is 0 Å². The van der Waals surface area contributed by atoms with Crippen molar-refractivity contribution in [3.63, 3.8) is 0 Å². The molecule has 0 aliphatic heterocycles. The third-order valence-electron chi connectivity index (χ3n) is 3.30. The predicted octanol–water partition coefficient (Wildman–Crippen LogP) is 3.19. The van der Waals surface area contributed by atoms with E-state index in [1.54, 1.807) is 0 Å². The summed E-state index contributed by atoms with van der Waals surface area (Å²) in [4.78, 5) is 0. The molecule has 1 unspecified atom stereocenters. The van der Waals surface area contributed by atoms with Gasteiger partial charge >= 0.3 is 0 Å². The standard InChI is InChI=1S/C16H23N3/c1-3-10-17-16(11-14-8-6-5-7-9-14)15-12-18-19(4-2)13-15/h5-9,12-13,16-17H,3-4,10-11H2,1-2H3. The minimum Gasteiger partial charge on any atom is -0.310 e. The van der Waals surface area contributed by atoms with Crippen LogP contribution in [0.25, 0.3) is 0 Å². The summed E-state index contributed by atoms with van der Waals surface area (Å²) in [6.07, 6.45) is 6.29. The first-order valence-electron chi connectivity index (χ1n) is 7.13. The van der Waals surface area contributed by atoms with Crippen molar-refractivity contribution in [2.45, 2.75) is 39.3 Å². The van der Waals surface area contributed by atoms with Crippen LogP contribution in [0.5, 0.6) is 0 Å². The van der Waals surface area contributed by atoms with E-state index >= 15 is 0 Å². The highest BCUT2D eigenvalue weighted by Crippen LogP contribution is 2.18. The van der Waals surface area contributed by atoms with Crippen LogP contribution >= 0.6 is 0 Å². The van der Waals surface area contributed by atoms with Crippen LogP contribution in [0.4, 0.5) is 0 Å². The molecule has 3 heteroatoms. The van der Waals surface area contributed by atoms with Gasteiger partial charge in [-0.2, -0.15) is 5.10 Å². The summed E-state index contributed by atoms with van der Waals surface area (Å²) in [6, 6.07) is 11.0. The fourth-order valence-electron chi connectivity index (χ4n) is 2.21. The predicted molar refractivity (Wildman–Crippen MR) is 79.1 cm³/mol. The lowest BCUT2D eigenvalue weighted by molar-refractivity contribution is 0.528. The maximum atomic E-state index is 4.38. The number of nitrogens with zero attached hydrogens (tertiary/aromatic N) is 2. The zero-order valence-corrected chi connectivity index (χ0v) is 11.8. The highest BCUT2D eigenvalue weighted by Gasteiger charge is 2.13. The molecule has 1 heterocycles. The normalized spacial score (nSPS) is 12.5. The topological polar surface area (TPSA) is 29.9 Å². The molecule has 0 spiro atoms. The lowest BCUT2D eigenvalue weighted by Gasteiger charge is -2.17. The van der Waals surface area contributed by atoms with Gasteiger partial charge in [0.1, 0.15) is 0 Å². The van der Waals surface area contributed by atoms with Gasteiger partial charge in [0.2, 0.25) is 0 Å². The van der Waals surface area contributed by atoms with Gasteiger partial charge in [-0.25, -0.2) is 0 Å². The van der Waals surface area contributed by atoms with E-state index in [0.717, 1.165) is 25.9 Å². The number of rotatable bonds is 7. The van der Waals surface area contributed by atoms with Gasteiger partial charge in [-0.05, 0) is 31.9 Å². The average Bonchev–Trinajstić information content (AvgIpc) is 2.93. The molecule has 3 nitrogen and oxygen atoms in total. The summed E-state index contributed by atoms with van der Waals surface area (Å²) in [6.45, 7) is 6.27. The van der Waals surface area contributed by atoms with E-state index in [0.29, 0.717) is 6.04 Å². The number of aromatic nitrogens is 2. The van der Waals surface area contributed by atoms with Crippen LogP contribution in [-0.2, 0) is 13.0 Å². The Bertz CT molecular complexity index is 476. The van der Waals surface area contributed by atoms with Gasteiger partial charge in [0, 0.05) is 24.3 Å². The smallest absolute Gasteiger partial charge is 0.0537 e. The van der Waals surface area contributed by atoms with E-state index in [1.807, 2.05) is 10.9 Å². The monoisotopic (exact) mass is 257 g/mol. The molecule has 0 bridgehead atoms. The Hall–Kier alpha value is -1.61. The SMILES string of the molecule is CCCNC(Cc1ccccc1)c1cnn(CC)c1. The molecule has 0 radical (unpaired) electrons. The lowest BCUT2D eigenvalue weighted by Crippen LogP contribution is -2.23. The van der Waals surface area contributed by atoms with Crippen molar-refractivity contribution in [2.75, 3.05) is 6.54 Å². The lowest BCUT2D eigenvalue weighted by atomic mass is 10.0. The van der Waals surface area contributed by atoms with E-state index in [1.165, 1.54) is 11.1 Å². The van der Waals surface area contributed by atoms with Gasteiger partial charge in [0.05, 0.1) is 6.20 Å². The van der Waals surface area contributed by atoms with Gasteiger partial charge in [0.25, 0.3) is 0 Å². The van der Waals surface area contributed by atoms with Crippen molar-refractivity contribution in [2.24, 2.45) is 0 Å². The molecule has 2 rings (SSSR count). The summed E-state index contributed by atoms with van der Waals surface area (Å²) >= 11 is 0. The maximum Gasteiger partial charge on any atom is 0.0537 e. The Morgan fingerprint density at radius 3 is 2.63 bits per heavy atom. The van der Waals surface area contributed by atoms with Gasteiger partial charge < -0.3 is 5.32 Å². The Balaban J connectivity index is 2.11. The van der Waals surface area contributed by atoms with Crippen molar-refractivity contribution in [1.29, 1.82) is 0 Å². The van der Waals surface area contributed by atoms with Crippen LogP contribution in [0.2, 0.25) is 0 Å². The number of hydrogen-bond acceptors (Lipinski definition) is 2. The molecule has 0 saturated carbocycles. The van der Waals surface area contributed by atoms with Crippen LogP contribution < -0.4 is 5.32 Å². The Morgan fingerprint density at radius 1 is 1.21 bits per heavy atom. The zero-order valence-electron chi connectivity index (χ0n) is 11.8. The minimum absolute atomic E-state index is 0.350. The summed E-state index contributed by atoms with van der Waals surface area (Å²) in [5, 5.41) is 8.00. The largest absolute Gasteiger partial charge is 0.310 e. The Labute approximate surface area is 115 Å². The van der Waals surface area contributed by atoms with Crippen molar-refractivity contribution in [3.8, 4) is 0 Å². The van der Waals surface area contributed by atoms with Gasteiger partial charge in [-0.1, -0.05) is 37.3 Å². The fraction of sp³-hybridized carbons (Fsp3) is 0.438. The van der Waals surface area contributed by atoms with Gasteiger partial charge in [0.15, 0.2) is 0 Å². The third-order valence-corrected chi connectivity index (χ3v) is 3.30. The second-order valence-electron chi connectivity index (χ2n) is 4.83. The Morgan fingerprint density at radius 2 is 2.00 bits per heavy atom. The molecule has 0 aliphatic carbocycles. The molecule has 0 amide bonds.